The van der Waals surface area contributed by atoms with Crippen molar-refractivity contribution in [2.45, 2.75) is 25.3 Å². The van der Waals surface area contributed by atoms with E-state index in [9.17, 15) is 18.4 Å². The summed E-state index contributed by atoms with van der Waals surface area (Å²) in [6, 6.07) is 8.35. The summed E-state index contributed by atoms with van der Waals surface area (Å²) in [5.74, 6) is -2.95. The quantitative estimate of drug-likeness (QED) is 0.665. The van der Waals surface area contributed by atoms with E-state index in [-0.39, 0.29) is 12.1 Å². The fraction of sp³-hybridized carbons (Fsp3) is 0.238. The normalized spacial score (nSPS) is 15.4. The van der Waals surface area contributed by atoms with Gasteiger partial charge in [-0.2, -0.15) is 0 Å². The number of carbonyl (C=O) groups excluding carboxylic acids is 1. The molecule has 0 aliphatic heterocycles. The first-order valence-corrected chi connectivity index (χ1v) is 9.08. The molecule has 1 aliphatic carbocycles. The van der Waals surface area contributed by atoms with E-state index in [1.165, 1.54) is 0 Å². The topological polar surface area (TPSA) is 94.6 Å². The monoisotopic (exact) mass is 400 g/mol. The highest BCUT2D eigenvalue weighted by Gasteiger charge is 2.34. The number of ether oxygens (including phenoxy) is 1. The van der Waals surface area contributed by atoms with Crippen LogP contribution in [0.25, 0.3) is 10.9 Å². The largest absolute Gasteiger partial charge is 0.481 e. The Morgan fingerprint density at radius 1 is 1.24 bits per heavy atom. The van der Waals surface area contributed by atoms with Gasteiger partial charge < -0.3 is 20.1 Å². The van der Waals surface area contributed by atoms with Gasteiger partial charge in [0.05, 0.1) is 18.0 Å². The van der Waals surface area contributed by atoms with Crippen LogP contribution in [0.4, 0.5) is 8.78 Å². The van der Waals surface area contributed by atoms with Crippen LogP contribution in [0.3, 0.4) is 0 Å². The van der Waals surface area contributed by atoms with Gasteiger partial charge in [0.1, 0.15) is 17.4 Å². The minimum absolute atomic E-state index is 0.0588. The summed E-state index contributed by atoms with van der Waals surface area (Å²) in [6.45, 7) is -0.484. The number of nitrogens with zero attached hydrogens (tertiary/aromatic N) is 1. The van der Waals surface area contributed by atoms with Crippen molar-refractivity contribution in [2.24, 2.45) is 5.73 Å². The van der Waals surface area contributed by atoms with Crippen molar-refractivity contribution in [2.75, 3.05) is 6.61 Å². The predicted molar refractivity (Wildman–Crippen MR) is 101 cm³/mol. The first kappa shape index (κ1) is 18.9. The summed E-state index contributed by atoms with van der Waals surface area (Å²) in [5, 5.41) is 9.54. The van der Waals surface area contributed by atoms with E-state index in [4.69, 9.17) is 15.6 Å². The zero-order valence-corrected chi connectivity index (χ0v) is 15.3. The molecule has 0 spiro atoms. The fourth-order valence-electron chi connectivity index (χ4n) is 4.08. The molecule has 1 atom stereocenters. The van der Waals surface area contributed by atoms with Gasteiger partial charge in [-0.15, -0.1) is 0 Å². The minimum atomic E-state index is -1.13. The van der Waals surface area contributed by atoms with Gasteiger partial charge in [-0.3, -0.25) is 4.79 Å². The van der Waals surface area contributed by atoms with Gasteiger partial charge in [0, 0.05) is 16.6 Å². The zero-order valence-electron chi connectivity index (χ0n) is 15.3. The summed E-state index contributed by atoms with van der Waals surface area (Å²) in [5.41, 5.74) is 7.87. The maximum Gasteiger partial charge on any atom is 0.341 e. The van der Waals surface area contributed by atoms with E-state index in [0.717, 1.165) is 23.9 Å². The molecule has 150 valence electrons. The second kappa shape index (κ2) is 7.20. The lowest BCUT2D eigenvalue weighted by Crippen LogP contribution is -2.19. The number of aliphatic carboxylic acids is 1. The Hall–Kier alpha value is -3.42. The SMILES string of the molecule is NC(=O)C1CCc2c1c1c(OCC(=O)O)cccc1n2Cc1cc(F)ccc1F. The number of halogens is 2. The Morgan fingerprint density at radius 3 is 2.76 bits per heavy atom. The van der Waals surface area contributed by atoms with Gasteiger partial charge in [0.25, 0.3) is 0 Å². The smallest absolute Gasteiger partial charge is 0.341 e. The average Bonchev–Trinajstić information content (AvgIpc) is 3.22. The van der Waals surface area contributed by atoms with Gasteiger partial charge in [-0.05, 0) is 48.7 Å². The minimum Gasteiger partial charge on any atom is -0.481 e. The van der Waals surface area contributed by atoms with E-state index in [2.05, 4.69) is 0 Å². The summed E-state index contributed by atoms with van der Waals surface area (Å²) >= 11 is 0. The third-order valence-corrected chi connectivity index (χ3v) is 5.25. The summed E-state index contributed by atoms with van der Waals surface area (Å²) in [7, 11) is 0. The number of primary amides is 1. The van der Waals surface area contributed by atoms with Crippen LogP contribution in [-0.2, 0) is 22.6 Å². The van der Waals surface area contributed by atoms with Crippen LogP contribution in [0.15, 0.2) is 36.4 Å². The van der Waals surface area contributed by atoms with E-state index in [1.807, 2.05) is 4.57 Å². The lowest BCUT2D eigenvalue weighted by atomic mass is 9.99. The third kappa shape index (κ3) is 3.30. The lowest BCUT2D eigenvalue weighted by Gasteiger charge is -2.12. The summed E-state index contributed by atoms with van der Waals surface area (Å²) < 4.78 is 35.2. The zero-order chi connectivity index (χ0) is 20.7. The second-order valence-corrected chi connectivity index (χ2v) is 7.01. The van der Waals surface area contributed by atoms with Gasteiger partial charge in [-0.25, -0.2) is 13.6 Å². The molecular formula is C21H18F2N2O4. The molecule has 0 saturated heterocycles. The number of carboxylic acid groups (broad SMARTS) is 1. The van der Waals surface area contributed by atoms with E-state index < -0.39 is 36.0 Å². The highest BCUT2D eigenvalue weighted by atomic mass is 19.1. The number of carboxylic acids is 1. The Labute approximate surface area is 164 Å². The molecule has 0 radical (unpaired) electrons. The first-order chi connectivity index (χ1) is 13.9. The molecule has 0 bridgehead atoms. The van der Waals surface area contributed by atoms with Crippen molar-refractivity contribution in [1.29, 1.82) is 0 Å². The van der Waals surface area contributed by atoms with Crippen molar-refractivity contribution in [1.82, 2.24) is 4.57 Å². The maximum atomic E-state index is 14.3. The second-order valence-electron chi connectivity index (χ2n) is 7.01. The predicted octanol–water partition coefficient (Wildman–Crippen LogP) is 2.95. The van der Waals surface area contributed by atoms with Crippen molar-refractivity contribution < 1.29 is 28.2 Å². The number of carbonyl (C=O) groups is 2. The van der Waals surface area contributed by atoms with Crippen LogP contribution in [0.2, 0.25) is 0 Å². The van der Waals surface area contributed by atoms with Crippen molar-refractivity contribution >= 4 is 22.8 Å². The van der Waals surface area contributed by atoms with Crippen molar-refractivity contribution in [3.8, 4) is 5.75 Å². The number of benzene rings is 2. The van der Waals surface area contributed by atoms with Crippen LogP contribution >= 0.6 is 0 Å². The summed E-state index contributed by atoms with van der Waals surface area (Å²) in [4.78, 5) is 23.0. The number of hydrogen-bond acceptors (Lipinski definition) is 3. The maximum absolute atomic E-state index is 14.3. The van der Waals surface area contributed by atoms with Crippen LogP contribution in [-0.4, -0.2) is 28.2 Å². The molecule has 29 heavy (non-hydrogen) atoms. The van der Waals surface area contributed by atoms with Crippen LogP contribution in [0, 0.1) is 11.6 Å². The molecule has 1 heterocycles. The number of fused-ring (bicyclic) bond motifs is 3. The van der Waals surface area contributed by atoms with Crippen LogP contribution in [0.5, 0.6) is 5.75 Å². The molecule has 2 aromatic carbocycles. The van der Waals surface area contributed by atoms with Crippen molar-refractivity contribution in [3.63, 3.8) is 0 Å². The molecule has 8 heteroatoms. The molecule has 4 rings (SSSR count). The molecule has 0 fully saturated rings. The number of nitrogens with two attached hydrogens (primary N) is 1. The van der Waals surface area contributed by atoms with Crippen LogP contribution < -0.4 is 10.5 Å². The van der Waals surface area contributed by atoms with Gasteiger partial charge >= 0.3 is 5.97 Å². The molecule has 1 unspecified atom stereocenters. The molecule has 6 nitrogen and oxygen atoms in total. The van der Waals surface area contributed by atoms with Crippen molar-refractivity contribution in [3.05, 3.63) is 64.9 Å². The molecular weight excluding hydrogens is 382 g/mol. The van der Waals surface area contributed by atoms with E-state index in [1.54, 1.807) is 18.2 Å². The number of hydrogen-bond donors (Lipinski definition) is 2. The van der Waals surface area contributed by atoms with E-state index >= 15 is 0 Å². The summed E-state index contributed by atoms with van der Waals surface area (Å²) in [6.07, 6.45) is 1.03. The van der Waals surface area contributed by atoms with E-state index in [0.29, 0.717) is 35.1 Å². The first-order valence-electron chi connectivity index (χ1n) is 9.08. The highest BCUT2D eigenvalue weighted by Crippen LogP contribution is 2.44. The Morgan fingerprint density at radius 2 is 2.03 bits per heavy atom. The molecule has 3 aromatic rings. The lowest BCUT2D eigenvalue weighted by molar-refractivity contribution is -0.139. The third-order valence-electron chi connectivity index (χ3n) is 5.25. The standard InChI is InChI=1S/C21H18F2N2O4/c22-12-4-6-14(23)11(8-12)9-25-15-2-1-3-17(29-10-18(26)27)20(15)19-13(21(24)28)5-7-16(19)25/h1-4,6,8,13H,5,7,9-10H2,(H2,24,28)(H,26,27). The highest BCUT2D eigenvalue weighted by molar-refractivity contribution is 5.97. The Kier molecular flexibility index (Phi) is 4.70. The van der Waals surface area contributed by atoms with Gasteiger partial charge in [-0.1, -0.05) is 6.07 Å². The number of aromatic nitrogens is 1. The van der Waals surface area contributed by atoms with Gasteiger partial charge in [0.2, 0.25) is 5.91 Å². The molecule has 0 saturated carbocycles. The molecule has 3 N–H and O–H groups in total. The number of rotatable bonds is 6. The molecule has 1 aromatic heterocycles. The number of amides is 1. The molecule has 1 aliphatic rings. The Balaban J connectivity index is 1.91. The average molecular weight is 400 g/mol. The fourth-order valence-corrected chi connectivity index (χ4v) is 4.08. The Bertz CT molecular complexity index is 1140. The van der Waals surface area contributed by atoms with Crippen LogP contribution in [0.1, 0.15) is 29.2 Å². The molecule has 1 amide bonds. The van der Waals surface area contributed by atoms with Gasteiger partial charge in [0.15, 0.2) is 6.61 Å².